The highest BCUT2D eigenvalue weighted by atomic mass is 16.5. The lowest BCUT2D eigenvalue weighted by Gasteiger charge is -2.25. The molecule has 2 aromatic rings. The van der Waals surface area contributed by atoms with Crippen molar-refractivity contribution >= 4 is 28.3 Å². The molecule has 2 aromatic carbocycles. The second-order valence-electron chi connectivity index (χ2n) is 6.15. The number of carbonyl (C=O) groups excluding carboxylic acids is 2. The van der Waals surface area contributed by atoms with Crippen molar-refractivity contribution in [3.05, 3.63) is 42.0 Å². The SMILES string of the molecule is COC(=O)[C@@H](NC(=O)c1cc2ccccc2cc1N)C(C)OC(C)C. The van der Waals surface area contributed by atoms with Gasteiger partial charge in [0, 0.05) is 5.69 Å². The van der Waals surface area contributed by atoms with E-state index in [0.29, 0.717) is 11.3 Å². The van der Waals surface area contributed by atoms with Gasteiger partial charge in [0.2, 0.25) is 0 Å². The smallest absolute Gasteiger partial charge is 0.331 e. The first-order valence-electron chi connectivity index (χ1n) is 8.16. The van der Waals surface area contributed by atoms with Crippen LogP contribution in [-0.2, 0) is 14.3 Å². The molecule has 1 unspecified atom stereocenters. The lowest BCUT2D eigenvalue weighted by molar-refractivity contribution is -0.147. The first-order valence-corrected chi connectivity index (χ1v) is 8.16. The Morgan fingerprint density at radius 1 is 1.08 bits per heavy atom. The number of hydrogen-bond acceptors (Lipinski definition) is 5. The molecule has 1 amide bonds. The number of amides is 1. The molecule has 2 atom stereocenters. The summed E-state index contributed by atoms with van der Waals surface area (Å²) < 4.78 is 10.4. The van der Waals surface area contributed by atoms with E-state index in [1.807, 2.05) is 38.1 Å². The van der Waals surface area contributed by atoms with Crippen LogP contribution in [0.3, 0.4) is 0 Å². The van der Waals surface area contributed by atoms with Crippen LogP contribution in [0, 0.1) is 0 Å². The molecule has 0 fully saturated rings. The van der Waals surface area contributed by atoms with E-state index in [1.54, 1.807) is 19.1 Å². The number of methoxy groups -OCH3 is 1. The molecule has 0 spiro atoms. The maximum Gasteiger partial charge on any atom is 0.331 e. The molecule has 25 heavy (non-hydrogen) atoms. The molecule has 6 nitrogen and oxygen atoms in total. The molecule has 0 aliphatic heterocycles. The van der Waals surface area contributed by atoms with Gasteiger partial charge >= 0.3 is 5.97 Å². The molecule has 0 aliphatic carbocycles. The minimum atomic E-state index is -0.925. The second-order valence-corrected chi connectivity index (χ2v) is 6.15. The summed E-state index contributed by atoms with van der Waals surface area (Å²) in [5.41, 5.74) is 6.67. The van der Waals surface area contributed by atoms with Gasteiger partial charge in [0.25, 0.3) is 5.91 Å². The van der Waals surface area contributed by atoms with Crippen molar-refractivity contribution in [2.75, 3.05) is 12.8 Å². The van der Waals surface area contributed by atoms with E-state index < -0.39 is 24.0 Å². The summed E-state index contributed by atoms with van der Waals surface area (Å²) in [6.45, 7) is 5.42. The van der Waals surface area contributed by atoms with Crippen LogP contribution in [0.25, 0.3) is 10.8 Å². The standard InChI is InChI=1S/C19H24N2O4/c1-11(2)25-12(3)17(19(23)24-4)21-18(22)15-9-13-7-5-6-8-14(13)10-16(15)20/h5-12,17H,20H2,1-4H3,(H,21,22)/t12?,17-/m0/s1. The van der Waals surface area contributed by atoms with Gasteiger partial charge in [-0.05, 0) is 43.7 Å². The number of hydrogen-bond donors (Lipinski definition) is 2. The Kier molecular flexibility index (Phi) is 5.98. The Morgan fingerprint density at radius 3 is 2.24 bits per heavy atom. The molecule has 2 rings (SSSR count). The van der Waals surface area contributed by atoms with Crippen molar-refractivity contribution in [1.29, 1.82) is 0 Å². The van der Waals surface area contributed by atoms with Crippen LogP contribution in [-0.4, -0.2) is 37.2 Å². The molecule has 0 saturated carbocycles. The molecule has 134 valence electrons. The number of anilines is 1. The van der Waals surface area contributed by atoms with E-state index in [1.165, 1.54) is 7.11 Å². The fourth-order valence-corrected chi connectivity index (χ4v) is 2.68. The summed E-state index contributed by atoms with van der Waals surface area (Å²) >= 11 is 0. The number of nitrogen functional groups attached to an aromatic ring is 1. The van der Waals surface area contributed by atoms with Crippen molar-refractivity contribution in [1.82, 2.24) is 5.32 Å². The fourth-order valence-electron chi connectivity index (χ4n) is 2.68. The summed E-state index contributed by atoms with van der Waals surface area (Å²) in [7, 11) is 1.27. The number of esters is 1. The summed E-state index contributed by atoms with van der Waals surface area (Å²) in [6, 6.07) is 10.1. The summed E-state index contributed by atoms with van der Waals surface area (Å²) in [6.07, 6.45) is -0.636. The zero-order valence-corrected chi connectivity index (χ0v) is 14.9. The van der Waals surface area contributed by atoms with Crippen LogP contribution in [0.5, 0.6) is 0 Å². The van der Waals surface area contributed by atoms with E-state index in [-0.39, 0.29) is 6.10 Å². The zero-order valence-electron chi connectivity index (χ0n) is 14.9. The third-order valence-corrected chi connectivity index (χ3v) is 3.86. The molecule has 0 heterocycles. The summed E-state index contributed by atoms with van der Waals surface area (Å²) in [5.74, 6) is -1.02. The van der Waals surface area contributed by atoms with Crippen LogP contribution >= 0.6 is 0 Å². The number of rotatable bonds is 6. The first-order chi connectivity index (χ1) is 11.8. The highest BCUT2D eigenvalue weighted by Gasteiger charge is 2.30. The van der Waals surface area contributed by atoms with Crippen molar-refractivity contribution in [3.63, 3.8) is 0 Å². The summed E-state index contributed by atoms with van der Waals surface area (Å²) in [5, 5.41) is 4.51. The highest BCUT2D eigenvalue weighted by Crippen LogP contribution is 2.22. The lowest BCUT2D eigenvalue weighted by atomic mass is 10.0. The number of carbonyl (C=O) groups is 2. The Hall–Kier alpha value is -2.60. The van der Waals surface area contributed by atoms with Crippen LogP contribution in [0.15, 0.2) is 36.4 Å². The number of benzene rings is 2. The highest BCUT2D eigenvalue weighted by molar-refractivity contribution is 6.05. The number of fused-ring (bicyclic) bond motifs is 1. The fraction of sp³-hybridized carbons (Fsp3) is 0.368. The van der Waals surface area contributed by atoms with Gasteiger partial charge in [-0.25, -0.2) is 4.79 Å². The van der Waals surface area contributed by atoms with E-state index in [2.05, 4.69) is 5.32 Å². The van der Waals surface area contributed by atoms with Crippen LogP contribution in [0.1, 0.15) is 31.1 Å². The predicted octanol–water partition coefficient (Wildman–Crippen LogP) is 2.51. The van der Waals surface area contributed by atoms with Gasteiger partial charge in [-0.3, -0.25) is 4.79 Å². The van der Waals surface area contributed by atoms with Crippen molar-refractivity contribution in [3.8, 4) is 0 Å². The van der Waals surface area contributed by atoms with Gasteiger partial charge in [0.1, 0.15) is 0 Å². The minimum Gasteiger partial charge on any atom is -0.467 e. The maximum absolute atomic E-state index is 12.7. The largest absolute Gasteiger partial charge is 0.467 e. The Labute approximate surface area is 147 Å². The van der Waals surface area contributed by atoms with Gasteiger partial charge in [0.05, 0.1) is 24.9 Å². The lowest BCUT2D eigenvalue weighted by Crippen LogP contribution is -2.49. The van der Waals surface area contributed by atoms with Crippen molar-refractivity contribution in [2.24, 2.45) is 0 Å². The van der Waals surface area contributed by atoms with Crippen LogP contribution in [0.4, 0.5) is 5.69 Å². The normalized spacial score (nSPS) is 13.5. The molecule has 0 aromatic heterocycles. The second kappa shape index (κ2) is 7.98. The van der Waals surface area contributed by atoms with E-state index in [9.17, 15) is 9.59 Å². The zero-order chi connectivity index (χ0) is 18.6. The molecule has 6 heteroatoms. The van der Waals surface area contributed by atoms with Crippen molar-refractivity contribution < 1.29 is 19.1 Å². The van der Waals surface area contributed by atoms with Crippen LogP contribution < -0.4 is 11.1 Å². The third kappa shape index (κ3) is 4.48. The Bertz CT molecular complexity index is 773. The molecule has 0 aliphatic rings. The molecule has 0 radical (unpaired) electrons. The molecule has 0 saturated heterocycles. The van der Waals surface area contributed by atoms with E-state index in [4.69, 9.17) is 15.2 Å². The van der Waals surface area contributed by atoms with E-state index >= 15 is 0 Å². The van der Waals surface area contributed by atoms with Gasteiger partial charge in [-0.15, -0.1) is 0 Å². The topological polar surface area (TPSA) is 90.7 Å². The number of ether oxygens (including phenoxy) is 2. The molecule has 0 bridgehead atoms. The molecule has 3 N–H and O–H groups in total. The van der Waals surface area contributed by atoms with E-state index in [0.717, 1.165) is 10.8 Å². The average Bonchev–Trinajstić information content (AvgIpc) is 2.57. The monoisotopic (exact) mass is 344 g/mol. The van der Waals surface area contributed by atoms with Gasteiger partial charge in [-0.1, -0.05) is 24.3 Å². The number of nitrogens with one attached hydrogen (secondary N) is 1. The van der Waals surface area contributed by atoms with Gasteiger partial charge in [0.15, 0.2) is 6.04 Å². The Balaban J connectivity index is 2.28. The predicted molar refractivity (Wildman–Crippen MR) is 97.3 cm³/mol. The van der Waals surface area contributed by atoms with Crippen molar-refractivity contribution in [2.45, 2.75) is 39.0 Å². The number of nitrogens with two attached hydrogens (primary N) is 1. The minimum absolute atomic E-state index is 0.0928. The third-order valence-electron chi connectivity index (χ3n) is 3.86. The summed E-state index contributed by atoms with van der Waals surface area (Å²) in [4.78, 5) is 24.7. The maximum atomic E-state index is 12.7. The Morgan fingerprint density at radius 2 is 1.68 bits per heavy atom. The first kappa shape index (κ1) is 18.7. The van der Waals surface area contributed by atoms with Crippen LogP contribution in [0.2, 0.25) is 0 Å². The van der Waals surface area contributed by atoms with Gasteiger partial charge < -0.3 is 20.5 Å². The quantitative estimate of drug-likeness (QED) is 0.621. The van der Waals surface area contributed by atoms with Gasteiger partial charge in [-0.2, -0.15) is 0 Å². The molecular formula is C19H24N2O4. The average molecular weight is 344 g/mol. The molecular weight excluding hydrogens is 320 g/mol.